The molecule has 138 valence electrons. The number of rotatable bonds is 4. The van der Waals surface area contributed by atoms with Crippen LogP contribution in [0.5, 0.6) is 0 Å². The van der Waals surface area contributed by atoms with Crippen LogP contribution in [0.15, 0.2) is 84.9 Å². The highest BCUT2D eigenvalue weighted by Crippen LogP contribution is 2.23. The quantitative estimate of drug-likeness (QED) is 0.541. The Hall–Kier alpha value is -3.80. The minimum atomic E-state index is -0.719. The van der Waals surface area contributed by atoms with Gasteiger partial charge in [-0.1, -0.05) is 48.5 Å². The molecule has 1 aromatic heterocycles. The number of hydrogen-bond acceptors (Lipinski definition) is 2. The van der Waals surface area contributed by atoms with Gasteiger partial charge in [-0.05, 0) is 30.3 Å². The molecule has 1 N–H and O–H groups in total. The van der Waals surface area contributed by atoms with Crippen molar-refractivity contribution in [2.45, 2.75) is 0 Å². The fraction of sp³-hybridized carbons (Fsp3) is 0. The van der Waals surface area contributed by atoms with Gasteiger partial charge in [-0.25, -0.2) is 13.5 Å². The Kier molecular flexibility index (Phi) is 4.68. The van der Waals surface area contributed by atoms with E-state index in [1.54, 1.807) is 18.2 Å². The van der Waals surface area contributed by atoms with Gasteiger partial charge in [0, 0.05) is 11.6 Å². The molecule has 4 nitrogen and oxygen atoms in total. The molecule has 0 atom stereocenters. The van der Waals surface area contributed by atoms with Gasteiger partial charge in [0.2, 0.25) is 0 Å². The smallest absolute Gasteiger partial charge is 0.274 e. The number of carbonyl (C=O) groups is 1. The molecule has 0 radical (unpaired) electrons. The van der Waals surface area contributed by atoms with Crippen molar-refractivity contribution in [1.82, 2.24) is 9.78 Å². The highest BCUT2D eigenvalue weighted by atomic mass is 19.1. The molecule has 0 fully saturated rings. The summed E-state index contributed by atoms with van der Waals surface area (Å²) in [7, 11) is 0. The van der Waals surface area contributed by atoms with Gasteiger partial charge in [0.15, 0.2) is 0 Å². The Labute approximate surface area is 160 Å². The predicted molar refractivity (Wildman–Crippen MR) is 103 cm³/mol. The molecule has 28 heavy (non-hydrogen) atoms. The largest absolute Gasteiger partial charge is 0.318 e. The van der Waals surface area contributed by atoms with Crippen LogP contribution in [0.25, 0.3) is 16.9 Å². The minimum Gasteiger partial charge on any atom is -0.318 e. The van der Waals surface area contributed by atoms with E-state index in [9.17, 15) is 13.6 Å². The first-order valence-electron chi connectivity index (χ1n) is 8.59. The number of benzene rings is 3. The lowest BCUT2D eigenvalue weighted by Gasteiger charge is -2.09. The summed E-state index contributed by atoms with van der Waals surface area (Å²) in [6.45, 7) is 0. The first-order valence-corrected chi connectivity index (χ1v) is 8.59. The standard InChI is InChI=1S/C22H15F2N3O/c23-16-11-12-18(24)20(13-16)25-22(28)21-14-19(15-7-3-1-4-8-15)26-27(21)17-9-5-2-6-10-17/h1-14H,(H,25,28). The Morgan fingerprint density at radius 2 is 1.54 bits per heavy atom. The molecule has 0 aliphatic heterocycles. The van der Waals surface area contributed by atoms with Crippen molar-refractivity contribution in [3.63, 3.8) is 0 Å². The zero-order valence-electron chi connectivity index (χ0n) is 14.6. The van der Waals surface area contributed by atoms with E-state index in [1.165, 1.54) is 4.68 Å². The van der Waals surface area contributed by atoms with Crippen LogP contribution in [-0.2, 0) is 0 Å². The highest BCUT2D eigenvalue weighted by molar-refractivity contribution is 6.04. The van der Waals surface area contributed by atoms with Crippen molar-refractivity contribution in [3.05, 3.63) is 102 Å². The summed E-state index contributed by atoms with van der Waals surface area (Å²) in [5, 5.41) is 6.97. The van der Waals surface area contributed by atoms with E-state index in [-0.39, 0.29) is 11.4 Å². The molecule has 0 saturated heterocycles. The summed E-state index contributed by atoms with van der Waals surface area (Å²) < 4.78 is 28.9. The van der Waals surface area contributed by atoms with Crippen LogP contribution in [0.2, 0.25) is 0 Å². The minimum absolute atomic E-state index is 0.203. The Balaban J connectivity index is 1.77. The van der Waals surface area contributed by atoms with Crippen LogP contribution in [-0.4, -0.2) is 15.7 Å². The fourth-order valence-corrected chi connectivity index (χ4v) is 2.84. The second kappa shape index (κ2) is 7.44. The molecule has 1 heterocycles. The van der Waals surface area contributed by atoms with Crippen molar-refractivity contribution in [2.75, 3.05) is 5.32 Å². The van der Waals surface area contributed by atoms with Gasteiger partial charge in [-0.2, -0.15) is 5.10 Å². The lowest BCUT2D eigenvalue weighted by molar-refractivity contribution is 0.101. The van der Waals surface area contributed by atoms with Gasteiger partial charge in [-0.3, -0.25) is 4.79 Å². The molecule has 0 bridgehead atoms. The molecular formula is C22H15F2N3O. The topological polar surface area (TPSA) is 46.9 Å². The molecule has 0 saturated carbocycles. The third-order valence-corrected chi connectivity index (χ3v) is 4.19. The SMILES string of the molecule is O=C(Nc1cc(F)ccc1F)c1cc(-c2ccccc2)nn1-c1ccccc1. The zero-order valence-corrected chi connectivity index (χ0v) is 14.6. The van der Waals surface area contributed by atoms with Crippen molar-refractivity contribution >= 4 is 11.6 Å². The van der Waals surface area contributed by atoms with Gasteiger partial charge >= 0.3 is 0 Å². The molecule has 6 heteroatoms. The molecular weight excluding hydrogens is 360 g/mol. The van der Waals surface area contributed by atoms with Crippen molar-refractivity contribution in [2.24, 2.45) is 0 Å². The summed E-state index contributed by atoms with van der Waals surface area (Å²) in [6.07, 6.45) is 0. The highest BCUT2D eigenvalue weighted by Gasteiger charge is 2.19. The van der Waals surface area contributed by atoms with Crippen LogP contribution >= 0.6 is 0 Å². The van der Waals surface area contributed by atoms with E-state index in [4.69, 9.17) is 0 Å². The summed E-state index contributed by atoms with van der Waals surface area (Å²) in [5.41, 5.74) is 2.08. The normalized spacial score (nSPS) is 10.6. The van der Waals surface area contributed by atoms with Gasteiger partial charge in [0.1, 0.15) is 17.3 Å². The number of anilines is 1. The summed E-state index contributed by atoms with van der Waals surface area (Å²) in [4.78, 5) is 12.9. The third kappa shape index (κ3) is 3.53. The number of hydrogen-bond donors (Lipinski definition) is 1. The van der Waals surface area contributed by atoms with Gasteiger partial charge < -0.3 is 5.32 Å². The van der Waals surface area contributed by atoms with E-state index in [1.807, 2.05) is 48.5 Å². The molecule has 1 amide bonds. The van der Waals surface area contributed by atoms with Gasteiger partial charge in [0.05, 0.1) is 17.1 Å². The van der Waals surface area contributed by atoms with Crippen LogP contribution in [0.1, 0.15) is 10.5 Å². The van der Waals surface area contributed by atoms with Crippen LogP contribution < -0.4 is 5.32 Å². The molecule has 0 aliphatic carbocycles. The molecule has 3 aromatic carbocycles. The number of nitrogens with zero attached hydrogens (tertiary/aromatic N) is 2. The molecule has 0 aliphatic rings. The van der Waals surface area contributed by atoms with E-state index in [2.05, 4.69) is 10.4 Å². The zero-order chi connectivity index (χ0) is 19.5. The van der Waals surface area contributed by atoms with Crippen molar-refractivity contribution in [3.8, 4) is 16.9 Å². The van der Waals surface area contributed by atoms with E-state index < -0.39 is 17.5 Å². The van der Waals surface area contributed by atoms with Crippen LogP contribution in [0, 0.1) is 11.6 Å². The van der Waals surface area contributed by atoms with Gasteiger partial charge in [0.25, 0.3) is 5.91 Å². The average Bonchev–Trinajstić information content (AvgIpc) is 3.18. The van der Waals surface area contributed by atoms with Crippen LogP contribution in [0.4, 0.5) is 14.5 Å². The van der Waals surface area contributed by atoms with E-state index >= 15 is 0 Å². The molecule has 4 rings (SSSR count). The maximum absolute atomic E-state index is 13.9. The monoisotopic (exact) mass is 375 g/mol. The Morgan fingerprint density at radius 3 is 2.25 bits per heavy atom. The Morgan fingerprint density at radius 1 is 0.857 bits per heavy atom. The number of para-hydroxylation sites is 1. The number of amides is 1. The van der Waals surface area contributed by atoms with Crippen LogP contribution in [0.3, 0.4) is 0 Å². The third-order valence-electron chi connectivity index (χ3n) is 4.19. The number of nitrogens with one attached hydrogen (secondary N) is 1. The maximum Gasteiger partial charge on any atom is 0.274 e. The number of aromatic nitrogens is 2. The predicted octanol–water partition coefficient (Wildman–Crippen LogP) is 5.07. The first kappa shape index (κ1) is 17.6. The van der Waals surface area contributed by atoms with Crippen molar-refractivity contribution in [1.29, 1.82) is 0 Å². The second-order valence-electron chi connectivity index (χ2n) is 6.11. The number of halogens is 2. The molecule has 0 spiro atoms. The second-order valence-corrected chi connectivity index (χ2v) is 6.11. The molecule has 0 unspecified atom stereocenters. The van der Waals surface area contributed by atoms with Gasteiger partial charge in [-0.15, -0.1) is 0 Å². The fourth-order valence-electron chi connectivity index (χ4n) is 2.84. The van der Waals surface area contributed by atoms with Crippen molar-refractivity contribution < 1.29 is 13.6 Å². The lowest BCUT2D eigenvalue weighted by atomic mass is 10.1. The maximum atomic E-state index is 13.9. The molecule has 4 aromatic rings. The average molecular weight is 375 g/mol. The van der Waals surface area contributed by atoms with E-state index in [0.29, 0.717) is 11.4 Å². The lowest BCUT2D eigenvalue weighted by Crippen LogP contribution is -2.17. The number of carbonyl (C=O) groups excluding carboxylic acids is 1. The first-order chi connectivity index (χ1) is 13.6. The summed E-state index contributed by atoms with van der Waals surface area (Å²) in [5.74, 6) is -1.95. The Bertz CT molecular complexity index is 1130. The van der Waals surface area contributed by atoms with E-state index in [0.717, 1.165) is 23.8 Å². The summed E-state index contributed by atoms with van der Waals surface area (Å²) >= 11 is 0. The summed E-state index contributed by atoms with van der Waals surface area (Å²) in [6, 6.07) is 23.0.